The Morgan fingerprint density at radius 1 is 1.32 bits per heavy atom. The number of hydrogen-bond donors (Lipinski definition) is 1. The van der Waals surface area contributed by atoms with E-state index in [1.807, 2.05) is 10.6 Å². The van der Waals surface area contributed by atoms with Gasteiger partial charge in [-0.2, -0.15) is 0 Å². The van der Waals surface area contributed by atoms with Crippen molar-refractivity contribution in [1.82, 2.24) is 19.6 Å². The number of halogens is 1. The molecular weight excluding hydrogens is 344 g/mol. The predicted molar refractivity (Wildman–Crippen MR) is 88.7 cm³/mol. The minimum Gasteiger partial charge on any atom is -0.342 e. The van der Waals surface area contributed by atoms with Crippen LogP contribution in [0.2, 0.25) is 0 Å². The molecule has 2 aliphatic rings. The molecule has 0 aromatic carbocycles. The molecule has 1 spiro atoms. The zero-order valence-electron chi connectivity index (χ0n) is 12.7. The van der Waals surface area contributed by atoms with Gasteiger partial charge in [-0.25, -0.2) is 9.38 Å². The molecule has 0 amide bonds. The second-order valence-electron chi connectivity index (χ2n) is 6.82. The van der Waals surface area contributed by atoms with Crippen LogP contribution in [0.4, 0.5) is 5.95 Å². The molecule has 2 fully saturated rings. The number of hydrogen-bond acceptors (Lipinski definition) is 5. The molecule has 3 heterocycles. The fourth-order valence-corrected chi connectivity index (χ4v) is 4.59. The molecule has 0 bridgehead atoms. The van der Waals surface area contributed by atoms with Gasteiger partial charge in [0.25, 0.3) is 0 Å². The highest BCUT2D eigenvalue weighted by molar-refractivity contribution is 9.10. The van der Waals surface area contributed by atoms with Gasteiger partial charge in [-0.15, -0.1) is 10.2 Å². The first kappa shape index (κ1) is 14.4. The van der Waals surface area contributed by atoms with Crippen molar-refractivity contribution in [3.63, 3.8) is 0 Å². The molecule has 1 aliphatic heterocycles. The Bertz CT molecular complexity index is 690. The molecule has 1 aliphatic carbocycles. The summed E-state index contributed by atoms with van der Waals surface area (Å²) in [7, 11) is 0. The molecule has 2 N–H and O–H groups in total. The Labute approximate surface area is 138 Å². The maximum atomic E-state index is 6.50. The van der Waals surface area contributed by atoms with E-state index in [1.54, 1.807) is 6.33 Å². The van der Waals surface area contributed by atoms with Crippen molar-refractivity contribution < 1.29 is 0 Å². The number of rotatable bonds is 1. The normalized spacial score (nSPS) is 27.9. The van der Waals surface area contributed by atoms with Crippen molar-refractivity contribution in [1.29, 1.82) is 0 Å². The molecule has 2 aromatic heterocycles. The lowest BCUT2D eigenvalue weighted by atomic mass is 9.73. The molecule has 1 unspecified atom stereocenters. The van der Waals surface area contributed by atoms with Crippen molar-refractivity contribution in [2.24, 2.45) is 17.1 Å². The van der Waals surface area contributed by atoms with E-state index in [1.165, 1.54) is 12.8 Å². The molecular formula is C15H21BrN6. The molecule has 6 nitrogen and oxygen atoms in total. The third-order valence-electron chi connectivity index (χ3n) is 5.73. The third-order valence-corrected chi connectivity index (χ3v) is 6.29. The van der Waals surface area contributed by atoms with Crippen LogP contribution in [0.25, 0.3) is 5.65 Å². The number of anilines is 1. The van der Waals surface area contributed by atoms with Crippen LogP contribution in [0.1, 0.15) is 32.6 Å². The van der Waals surface area contributed by atoms with Crippen LogP contribution < -0.4 is 10.6 Å². The quantitative estimate of drug-likeness (QED) is 0.839. The number of fused-ring (bicyclic) bond motifs is 1. The highest BCUT2D eigenvalue weighted by atomic mass is 79.9. The topological polar surface area (TPSA) is 72.3 Å². The molecule has 118 valence electrons. The molecule has 2 atom stereocenters. The van der Waals surface area contributed by atoms with Crippen molar-refractivity contribution in [2.45, 2.75) is 38.6 Å². The van der Waals surface area contributed by atoms with Crippen molar-refractivity contribution in [2.75, 3.05) is 18.0 Å². The maximum Gasteiger partial charge on any atom is 0.212 e. The third kappa shape index (κ3) is 2.06. The molecule has 1 saturated carbocycles. The van der Waals surface area contributed by atoms with Gasteiger partial charge in [0.1, 0.15) is 6.33 Å². The van der Waals surface area contributed by atoms with E-state index < -0.39 is 0 Å². The maximum absolute atomic E-state index is 6.50. The minimum absolute atomic E-state index is 0.345. The van der Waals surface area contributed by atoms with Crippen LogP contribution in [0.3, 0.4) is 0 Å². The van der Waals surface area contributed by atoms with Crippen LogP contribution >= 0.6 is 15.9 Å². The molecule has 2 aromatic rings. The highest BCUT2D eigenvalue weighted by Crippen LogP contribution is 2.48. The zero-order valence-corrected chi connectivity index (χ0v) is 14.3. The molecule has 22 heavy (non-hydrogen) atoms. The first-order valence-electron chi connectivity index (χ1n) is 7.95. The summed E-state index contributed by atoms with van der Waals surface area (Å²) in [6, 6.07) is 0.349. The Balaban J connectivity index is 1.59. The SMILES string of the molecule is CC1CCC2(CCN(c3ncc(Br)c4nncn34)CC2)[C@@H]1N. The van der Waals surface area contributed by atoms with Gasteiger partial charge in [-0.05, 0) is 52.9 Å². The van der Waals surface area contributed by atoms with E-state index in [4.69, 9.17) is 5.73 Å². The summed E-state index contributed by atoms with van der Waals surface area (Å²) in [4.78, 5) is 6.92. The summed E-state index contributed by atoms with van der Waals surface area (Å²) < 4.78 is 2.83. The average molecular weight is 365 g/mol. The highest BCUT2D eigenvalue weighted by Gasteiger charge is 2.46. The molecule has 0 radical (unpaired) electrons. The van der Waals surface area contributed by atoms with Gasteiger partial charge in [0.05, 0.1) is 4.47 Å². The lowest BCUT2D eigenvalue weighted by Crippen LogP contribution is -2.48. The largest absolute Gasteiger partial charge is 0.342 e. The van der Waals surface area contributed by atoms with Crippen LogP contribution in [0, 0.1) is 11.3 Å². The van der Waals surface area contributed by atoms with Crippen LogP contribution in [0.5, 0.6) is 0 Å². The van der Waals surface area contributed by atoms with Gasteiger partial charge in [0.2, 0.25) is 5.95 Å². The van der Waals surface area contributed by atoms with E-state index >= 15 is 0 Å². The fourth-order valence-electron chi connectivity index (χ4n) is 4.21. The smallest absolute Gasteiger partial charge is 0.212 e. The average Bonchev–Trinajstić information content (AvgIpc) is 3.12. The summed E-state index contributed by atoms with van der Waals surface area (Å²) in [6.07, 6.45) is 8.40. The van der Waals surface area contributed by atoms with E-state index in [0.717, 1.165) is 42.0 Å². The summed E-state index contributed by atoms with van der Waals surface area (Å²) >= 11 is 3.48. The Morgan fingerprint density at radius 3 is 2.77 bits per heavy atom. The Kier molecular flexibility index (Phi) is 3.38. The van der Waals surface area contributed by atoms with Crippen LogP contribution in [-0.2, 0) is 0 Å². The fraction of sp³-hybridized carbons (Fsp3) is 0.667. The first-order valence-corrected chi connectivity index (χ1v) is 8.75. The minimum atomic E-state index is 0.345. The second kappa shape index (κ2) is 5.16. The van der Waals surface area contributed by atoms with Gasteiger partial charge < -0.3 is 10.6 Å². The molecule has 4 rings (SSSR count). The van der Waals surface area contributed by atoms with E-state index in [9.17, 15) is 0 Å². The van der Waals surface area contributed by atoms with Gasteiger partial charge in [-0.1, -0.05) is 6.92 Å². The van der Waals surface area contributed by atoms with E-state index in [0.29, 0.717) is 17.4 Å². The van der Waals surface area contributed by atoms with Crippen molar-refractivity contribution in [3.8, 4) is 0 Å². The number of piperidine rings is 1. The van der Waals surface area contributed by atoms with Crippen LogP contribution in [-0.4, -0.2) is 38.7 Å². The van der Waals surface area contributed by atoms with Crippen molar-refractivity contribution in [3.05, 3.63) is 17.0 Å². The predicted octanol–water partition coefficient (Wildman–Crippen LogP) is 2.23. The monoisotopic (exact) mass is 364 g/mol. The summed E-state index contributed by atoms with van der Waals surface area (Å²) in [6.45, 7) is 4.30. The van der Waals surface area contributed by atoms with Crippen LogP contribution in [0.15, 0.2) is 17.0 Å². The van der Waals surface area contributed by atoms with E-state index in [2.05, 4.69) is 42.9 Å². The van der Waals surface area contributed by atoms with Gasteiger partial charge >= 0.3 is 0 Å². The van der Waals surface area contributed by atoms with Crippen molar-refractivity contribution >= 4 is 27.5 Å². The summed E-state index contributed by atoms with van der Waals surface area (Å²) in [5.74, 6) is 1.58. The van der Waals surface area contributed by atoms with Gasteiger partial charge in [-0.3, -0.25) is 0 Å². The van der Waals surface area contributed by atoms with Gasteiger partial charge in [0, 0.05) is 25.3 Å². The molecule has 7 heteroatoms. The standard InChI is InChI=1S/C15H21BrN6/c1-10-2-3-15(12(10)17)4-6-21(7-5-15)14-18-8-11(16)13-20-19-9-22(13)14/h8-10,12H,2-7,17H2,1H3/t10?,12-/m1/s1. The summed E-state index contributed by atoms with van der Waals surface area (Å²) in [5, 5.41) is 8.15. The zero-order chi connectivity index (χ0) is 15.3. The van der Waals surface area contributed by atoms with Gasteiger partial charge in [0.15, 0.2) is 5.65 Å². The lowest BCUT2D eigenvalue weighted by Gasteiger charge is -2.43. The number of nitrogens with two attached hydrogens (primary N) is 1. The summed E-state index contributed by atoms with van der Waals surface area (Å²) in [5.41, 5.74) is 7.66. The van der Waals surface area contributed by atoms with E-state index in [-0.39, 0.29) is 0 Å². The Morgan fingerprint density at radius 2 is 2.09 bits per heavy atom. The molecule has 1 saturated heterocycles. The number of aromatic nitrogens is 4. The lowest BCUT2D eigenvalue weighted by molar-refractivity contribution is 0.185. The Hall–Kier alpha value is -1.21. The first-order chi connectivity index (χ1) is 10.6. The second-order valence-corrected chi connectivity index (χ2v) is 7.68. The number of nitrogens with zero attached hydrogens (tertiary/aromatic N) is 5.